The van der Waals surface area contributed by atoms with Gasteiger partial charge in [0.25, 0.3) is 16.0 Å². The first-order chi connectivity index (χ1) is 22.8. The van der Waals surface area contributed by atoms with Gasteiger partial charge in [-0.05, 0) is 71.0 Å². The lowest BCUT2D eigenvalue weighted by atomic mass is 9.83. The highest BCUT2D eigenvalue weighted by Crippen LogP contribution is 2.35. The molecule has 0 bridgehead atoms. The molecule has 0 saturated carbocycles. The van der Waals surface area contributed by atoms with Crippen molar-refractivity contribution in [2.75, 3.05) is 19.4 Å². The van der Waals surface area contributed by atoms with Crippen LogP contribution in [0.3, 0.4) is 0 Å². The summed E-state index contributed by atoms with van der Waals surface area (Å²) in [5.74, 6) is 0.859. The summed E-state index contributed by atoms with van der Waals surface area (Å²) >= 11 is 12.3. The van der Waals surface area contributed by atoms with Crippen molar-refractivity contribution >= 4 is 39.2 Å². The van der Waals surface area contributed by atoms with Crippen LogP contribution in [0.4, 0.5) is 0 Å². The van der Waals surface area contributed by atoms with Crippen molar-refractivity contribution in [2.45, 2.75) is 38.5 Å². The van der Waals surface area contributed by atoms with Gasteiger partial charge in [-0.2, -0.15) is 8.42 Å². The predicted molar refractivity (Wildman–Crippen MR) is 189 cm³/mol. The lowest BCUT2D eigenvalue weighted by molar-refractivity contribution is 0.0956. The zero-order chi connectivity index (χ0) is 34.5. The summed E-state index contributed by atoms with van der Waals surface area (Å²) in [5, 5.41) is 8.07. The maximum absolute atomic E-state index is 12.6. The Hall–Kier alpha value is -4.15. The first-order valence-electron chi connectivity index (χ1n) is 15.3. The number of benzene rings is 4. The van der Waals surface area contributed by atoms with Crippen LogP contribution in [-0.4, -0.2) is 38.9 Å². The second kappa shape index (κ2) is 15.0. The number of rotatable bonds is 12. The van der Waals surface area contributed by atoms with E-state index in [1.807, 2.05) is 42.5 Å². The van der Waals surface area contributed by atoms with Gasteiger partial charge in [-0.1, -0.05) is 97.7 Å². The summed E-state index contributed by atoms with van der Waals surface area (Å²) < 4.78 is 39.4. The summed E-state index contributed by atoms with van der Waals surface area (Å²) in [6.45, 7) is 6.48. The van der Waals surface area contributed by atoms with Crippen LogP contribution >= 0.6 is 23.2 Å². The molecule has 0 aliphatic heterocycles. The zero-order valence-corrected chi connectivity index (χ0v) is 29.3. The van der Waals surface area contributed by atoms with Crippen molar-refractivity contribution in [1.82, 2.24) is 10.5 Å². The summed E-state index contributed by atoms with van der Waals surface area (Å²) in [6.07, 6.45) is 0.591. The number of nitrogens with zero attached hydrogens (tertiary/aromatic N) is 1. The number of carbonyl (C=O) groups excluding carboxylic acids is 1. The van der Waals surface area contributed by atoms with Crippen molar-refractivity contribution in [2.24, 2.45) is 0 Å². The predicted octanol–water partition coefficient (Wildman–Crippen LogP) is 8.82. The maximum atomic E-state index is 12.6. The van der Waals surface area contributed by atoms with Crippen LogP contribution < -0.4 is 10.1 Å². The molecule has 5 aromatic rings. The molecule has 0 fully saturated rings. The van der Waals surface area contributed by atoms with E-state index in [1.165, 1.54) is 5.56 Å². The molecular weight excluding hydrogens is 671 g/mol. The molecular formula is C37H36Cl2N2O6S. The van der Waals surface area contributed by atoms with Crippen LogP contribution in [0.5, 0.6) is 11.5 Å². The minimum Gasteiger partial charge on any atom is -0.457 e. The second-order valence-corrected chi connectivity index (χ2v) is 15.1. The minimum absolute atomic E-state index is 0.00272. The van der Waals surface area contributed by atoms with Gasteiger partial charge in [0.05, 0.1) is 18.6 Å². The van der Waals surface area contributed by atoms with Gasteiger partial charge >= 0.3 is 0 Å². The van der Waals surface area contributed by atoms with Gasteiger partial charge < -0.3 is 14.6 Å². The molecule has 48 heavy (non-hydrogen) atoms. The number of halogens is 2. The average molecular weight is 708 g/mol. The summed E-state index contributed by atoms with van der Waals surface area (Å²) in [7, 11) is -2.57. The van der Waals surface area contributed by atoms with Crippen LogP contribution in [0.1, 0.15) is 59.4 Å². The maximum Gasteiger partial charge on any atom is 0.268 e. The first kappa shape index (κ1) is 35.2. The quantitative estimate of drug-likeness (QED) is 0.129. The lowest BCUT2D eigenvalue weighted by Gasteiger charge is -2.21. The van der Waals surface area contributed by atoms with Crippen molar-refractivity contribution in [3.05, 3.63) is 135 Å². The van der Waals surface area contributed by atoms with Crippen molar-refractivity contribution in [3.63, 3.8) is 0 Å². The molecule has 11 heteroatoms. The molecule has 8 nitrogen and oxygen atoms in total. The molecule has 0 spiro atoms. The Labute approximate surface area is 291 Å². The number of aromatic nitrogens is 1. The first-order valence-corrected chi connectivity index (χ1v) is 17.6. The van der Waals surface area contributed by atoms with Crippen LogP contribution in [0, 0.1) is 0 Å². The largest absolute Gasteiger partial charge is 0.457 e. The molecule has 1 N–H and O–H groups in total. The van der Waals surface area contributed by atoms with Crippen LogP contribution in [0.2, 0.25) is 10.0 Å². The van der Waals surface area contributed by atoms with Crippen LogP contribution in [0.15, 0.2) is 102 Å². The molecule has 250 valence electrons. The second-order valence-electron chi connectivity index (χ2n) is 12.4. The number of hydrogen-bond acceptors (Lipinski definition) is 7. The van der Waals surface area contributed by atoms with E-state index in [0.717, 1.165) is 29.5 Å². The average Bonchev–Trinajstić information content (AvgIpc) is 3.53. The number of nitrogens with one attached hydrogen (secondary N) is 1. The SMILES string of the molecule is COS(=O)(=O)CCNC(=O)c1ccc(CC(c2ccc(C(C)(C)C)cc2)c2cc(-c3cccc(Oc4cc(Cl)cc(Cl)c4)c3)on2)cc1. The van der Waals surface area contributed by atoms with E-state index in [4.69, 9.17) is 32.5 Å². The summed E-state index contributed by atoms with van der Waals surface area (Å²) in [6, 6.07) is 30.2. The highest BCUT2D eigenvalue weighted by Gasteiger charge is 2.22. The lowest BCUT2D eigenvalue weighted by Crippen LogP contribution is -2.29. The van der Waals surface area contributed by atoms with Crippen molar-refractivity contribution < 1.29 is 26.7 Å². The Balaban J connectivity index is 1.38. The Morgan fingerprint density at radius 1 is 0.896 bits per heavy atom. The molecule has 1 aromatic heterocycles. The molecule has 0 radical (unpaired) electrons. The van der Waals surface area contributed by atoms with Crippen molar-refractivity contribution in [1.29, 1.82) is 0 Å². The molecule has 4 aromatic carbocycles. The monoisotopic (exact) mass is 706 g/mol. The van der Waals surface area contributed by atoms with Crippen LogP contribution in [0.25, 0.3) is 11.3 Å². The Morgan fingerprint density at radius 3 is 2.23 bits per heavy atom. The van der Waals surface area contributed by atoms with Crippen molar-refractivity contribution in [3.8, 4) is 22.8 Å². The van der Waals surface area contributed by atoms with Gasteiger partial charge in [-0.25, -0.2) is 0 Å². The van der Waals surface area contributed by atoms with E-state index in [-0.39, 0.29) is 29.5 Å². The fourth-order valence-corrected chi connectivity index (χ4v) is 6.16. The molecule has 1 amide bonds. The zero-order valence-electron chi connectivity index (χ0n) is 27.0. The molecule has 0 aliphatic carbocycles. The van der Waals surface area contributed by atoms with E-state index in [1.54, 1.807) is 30.3 Å². The normalized spacial score (nSPS) is 12.5. The van der Waals surface area contributed by atoms with E-state index in [2.05, 4.69) is 59.7 Å². The van der Waals surface area contributed by atoms with E-state index in [0.29, 0.717) is 39.3 Å². The molecule has 1 heterocycles. The Bertz CT molecular complexity index is 1970. The summed E-state index contributed by atoms with van der Waals surface area (Å²) in [4.78, 5) is 12.6. The highest BCUT2D eigenvalue weighted by molar-refractivity contribution is 7.86. The fourth-order valence-electron chi connectivity index (χ4n) is 5.14. The van der Waals surface area contributed by atoms with Gasteiger partial charge in [0.1, 0.15) is 11.5 Å². The number of carbonyl (C=O) groups is 1. The van der Waals surface area contributed by atoms with Gasteiger partial charge in [-0.15, -0.1) is 0 Å². The van der Waals surface area contributed by atoms with E-state index in [9.17, 15) is 13.2 Å². The summed E-state index contributed by atoms with van der Waals surface area (Å²) in [5.41, 5.74) is 5.24. The minimum atomic E-state index is -3.66. The molecule has 0 aliphatic rings. The van der Waals surface area contributed by atoms with E-state index < -0.39 is 10.1 Å². The molecule has 5 rings (SSSR count). The smallest absolute Gasteiger partial charge is 0.268 e. The Morgan fingerprint density at radius 2 is 1.58 bits per heavy atom. The van der Waals surface area contributed by atoms with Gasteiger partial charge in [0.2, 0.25) is 0 Å². The third-order valence-electron chi connectivity index (χ3n) is 7.80. The Kier molecular flexibility index (Phi) is 11.0. The molecule has 1 atom stereocenters. The molecule has 0 saturated heterocycles. The van der Waals surface area contributed by atoms with E-state index >= 15 is 0 Å². The third kappa shape index (κ3) is 9.26. The number of amides is 1. The van der Waals surface area contributed by atoms with Crippen LogP contribution in [-0.2, 0) is 26.1 Å². The standard InChI is InChI=1S/C37H36Cl2N2O6S/c1-37(2,3)28-14-12-25(13-15-28)33(18-24-8-10-26(11-9-24)36(42)40-16-17-48(43,44)45-4)34-23-35(47-41-34)27-6-5-7-31(19-27)46-32-21-29(38)20-30(39)22-32/h5-15,19-23,33H,16-18H2,1-4H3,(H,40,42). The third-order valence-corrected chi connectivity index (χ3v) is 9.45. The van der Waals surface area contributed by atoms with Gasteiger partial charge in [0.15, 0.2) is 5.76 Å². The highest BCUT2D eigenvalue weighted by atomic mass is 35.5. The fraction of sp³-hybridized carbons (Fsp3) is 0.243. The van der Waals surface area contributed by atoms with Gasteiger partial charge in [-0.3, -0.25) is 8.98 Å². The topological polar surface area (TPSA) is 108 Å². The number of ether oxygens (including phenoxy) is 1. The number of hydrogen-bond donors (Lipinski definition) is 1. The van der Waals surface area contributed by atoms with Gasteiger partial charge in [0, 0.05) is 39.7 Å². The molecule has 1 unspecified atom stereocenters.